The molecule has 4 atom stereocenters. The maximum Gasteiger partial charge on any atom is 0.303 e. The molecule has 0 spiro atoms. The highest BCUT2D eigenvalue weighted by Crippen LogP contribution is 2.47. The molecule has 55 heavy (non-hydrogen) atoms. The van der Waals surface area contributed by atoms with E-state index in [1.165, 1.54) is 4.90 Å². The smallest absolute Gasteiger partial charge is 0.303 e. The predicted molar refractivity (Wildman–Crippen MR) is 214 cm³/mol. The molecule has 0 saturated carbocycles. The van der Waals surface area contributed by atoms with Crippen LogP contribution in [0.15, 0.2) is 93.9 Å². The first-order chi connectivity index (χ1) is 26.4. The van der Waals surface area contributed by atoms with E-state index in [-0.39, 0.29) is 49.5 Å². The number of amides is 2. The number of aliphatic hydroxyl groups is 3. The number of carboxylic acid groups (broad SMARTS) is 1. The number of hydrogen-bond acceptors (Lipinski definition) is 8. The molecule has 2 amide bonds. The number of carboxylic acids is 1. The van der Waals surface area contributed by atoms with E-state index in [0.717, 1.165) is 21.5 Å². The molecule has 2 aromatic carbocycles. The average molecular weight is 772 g/mol. The third kappa shape index (κ3) is 9.30. The van der Waals surface area contributed by atoms with Gasteiger partial charge in [0.2, 0.25) is 11.8 Å². The van der Waals surface area contributed by atoms with E-state index in [4.69, 9.17) is 13.9 Å². The number of unbranched alkanes of at least 4 members (excludes halogenated alkanes) is 2. The van der Waals surface area contributed by atoms with E-state index in [0.29, 0.717) is 55.6 Å². The summed E-state index contributed by atoms with van der Waals surface area (Å²) >= 11 is 0. The number of fused-ring (bicyclic) bond motifs is 1. The Morgan fingerprint density at radius 3 is 2.15 bits per heavy atom. The summed E-state index contributed by atoms with van der Waals surface area (Å²) in [4.78, 5) is 40.4. The minimum atomic E-state index is -3.05. The van der Waals surface area contributed by atoms with Gasteiger partial charge in [-0.2, -0.15) is 0 Å². The van der Waals surface area contributed by atoms with Gasteiger partial charge in [0, 0.05) is 18.9 Å². The summed E-state index contributed by atoms with van der Waals surface area (Å²) in [6.07, 6.45) is 4.18. The van der Waals surface area contributed by atoms with Gasteiger partial charge in [0.15, 0.2) is 0 Å². The van der Waals surface area contributed by atoms with Crippen LogP contribution < -0.4 is 10.4 Å². The largest absolute Gasteiger partial charge is 0.481 e. The van der Waals surface area contributed by atoms with Gasteiger partial charge in [-0.05, 0) is 83.3 Å². The van der Waals surface area contributed by atoms with Crippen molar-refractivity contribution in [1.29, 1.82) is 0 Å². The normalized spacial score (nSPS) is 19.9. The summed E-state index contributed by atoms with van der Waals surface area (Å²) in [5.74, 6) is -2.76. The zero-order chi connectivity index (χ0) is 39.8. The van der Waals surface area contributed by atoms with Gasteiger partial charge in [0.05, 0.1) is 31.2 Å². The van der Waals surface area contributed by atoms with Crippen molar-refractivity contribution in [3.8, 4) is 0 Å². The van der Waals surface area contributed by atoms with Crippen LogP contribution in [0.2, 0.25) is 5.04 Å². The van der Waals surface area contributed by atoms with Crippen molar-refractivity contribution < 1.29 is 43.7 Å². The zero-order valence-corrected chi connectivity index (χ0v) is 33.6. The molecule has 10 nitrogen and oxygen atoms in total. The predicted octanol–water partition coefficient (Wildman–Crippen LogP) is 5.84. The minimum absolute atomic E-state index is 0.0275. The number of rotatable bonds is 19. The molecule has 1 saturated heterocycles. The van der Waals surface area contributed by atoms with Crippen LogP contribution in [0.3, 0.4) is 0 Å². The Morgan fingerprint density at radius 1 is 0.945 bits per heavy atom. The van der Waals surface area contributed by atoms with Gasteiger partial charge >= 0.3 is 5.97 Å². The van der Waals surface area contributed by atoms with Crippen LogP contribution in [0, 0.1) is 17.8 Å². The second-order valence-electron chi connectivity index (χ2n) is 15.8. The maximum atomic E-state index is 14.1. The minimum Gasteiger partial charge on any atom is -0.481 e. The highest BCUT2D eigenvalue weighted by molar-refractivity contribution is 6.99. The molecule has 0 bridgehead atoms. The molecular formula is C44H57NO9Si. The van der Waals surface area contributed by atoms with Crippen molar-refractivity contribution in [1.82, 2.24) is 4.90 Å². The van der Waals surface area contributed by atoms with E-state index in [2.05, 4.69) is 45.0 Å². The SMILES string of the molecule is CC/C(=C\c1ccc(CO)o1)CC[C@@H](O)C1=C(CO[Si](c2ccccc2)(c2ccccc2)C(C)(C)C)C[C@H]2C(=O)N(CCCCCC(=O)O)C(=O)[C@H]2[C@H]1CO. The first kappa shape index (κ1) is 42.0. The number of nitrogens with zero attached hydrogens (tertiary/aromatic N) is 1. The number of allylic oxidation sites excluding steroid dienone is 1. The van der Waals surface area contributed by atoms with Gasteiger partial charge in [-0.15, -0.1) is 0 Å². The lowest BCUT2D eigenvalue weighted by atomic mass is 9.68. The van der Waals surface area contributed by atoms with Gasteiger partial charge in [-0.25, -0.2) is 0 Å². The van der Waals surface area contributed by atoms with Crippen molar-refractivity contribution in [2.45, 2.75) is 96.8 Å². The van der Waals surface area contributed by atoms with Crippen LogP contribution in [-0.4, -0.2) is 77.3 Å². The first-order valence-corrected chi connectivity index (χ1v) is 21.5. The molecule has 2 heterocycles. The molecule has 1 fully saturated rings. The molecule has 4 N–H and O–H groups in total. The van der Waals surface area contributed by atoms with E-state index < -0.39 is 44.8 Å². The summed E-state index contributed by atoms with van der Waals surface area (Å²) in [5, 5.41) is 43.5. The lowest BCUT2D eigenvalue weighted by Gasteiger charge is -2.44. The van der Waals surface area contributed by atoms with Gasteiger partial charge in [0.25, 0.3) is 8.32 Å². The zero-order valence-electron chi connectivity index (χ0n) is 32.6. The van der Waals surface area contributed by atoms with Gasteiger partial charge in [-0.1, -0.05) is 100 Å². The molecule has 2 aliphatic rings. The van der Waals surface area contributed by atoms with Crippen LogP contribution in [0.5, 0.6) is 0 Å². The number of likely N-dealkylation sites (tertiary alicyclic amines) is 1. The highest BCUT2D eigenvalue weighted by Gasteiger charge is 2.56. The Hall–Kier alpha value is -4.13. The van der Waals surface area contributed by atoms with Crippen LogP contribution in [0.4, 0.5) is 0 Å². The molecular weight excluding hydrogens is 715 g/mol. The Kier molecular flexibility index (Phi) is 14.3. The van der Waals surface area contributed by atoms with E-state index in [9.17, 15) is 29.7 Å². The van der Waals surface area contributed by atoms with E-state index in [1.54, 1.807) is 12.1 Å². The topological polar surface area (TPSA) is 158 Å². The molecule has 0 unspecified atom stereocenters. The fourth-order valence-corrected chi connectivity index (χ4v) is 13.2. The number of aliphatic carboxylic acids is 1. The molecule has 1 aromatic heterocycles. The molecule has 0 radical (unpaired) electrons. The van der Waals surface area contributed by atoms with Crippen molar-refractivity contribution >= 4 is 42.6 Å². The Balaban J connectivity index is 1.52. The third-order valence-electron chi connectivity index (χ3n) is 11.4. The van der Waals surface area contributed by atoms with Crippen LogP contribution in [0.25, 0.3) is 6.08 Å². The summed E-state index contributed by atoms with van der Waals surface area (Å²) in [6, 6.07) is 24.0. The summed E-state index contributed by atoms with van der Waals surface area (Å²) in [5.41, 5.74) is 2.34. The number of carbonyl (C=O) groups is 3. The summed E-state index contributed by atoms with van der Waals surface area (Å²) in [6.45, 7) is 8.26. The van der Waals surface area contributed by atoms with Crippen LogP contribution >= 0.6 is 0 Å². The molecule has 1 aliphatic carbocycles. The molecule has 3 aromatic rings. The fourth-order valence-electron chi connectivity index (χ4n) is 8.64. The number of hydrogen-bond donors (Lipinski definition) is 4. The van der Waals surface area contributed by atoms with Crippen molar-refractivity contribution in [3.63, 3.8) is 0 Å². The van der Waals surface area contributed by atoms with Crippen molar-refractivity contribution in [2.75, 3.05) is 19.8 Å². The lowest BCUT2D eigenvalue weighted by Crippen LogP contribution is -2.66. The quantitative estimate of drug-likeness (QED) is 0.0509. The molecule has 5 rings (SSSR count). The second kappa shape index (κ2) is 18.7. The van der Waals surface area contributed by atoms with Gasteiger partial charge < -0.3 is 29.3 Å². The number of imide groups is 1. The monoisotopic (exact) mass is 771 g/mol. The third-order valence-corrected chi connectivity index (χ3v) is 16.3. The Bertz CT molecular complexity index is 1790. The first-order valence-electron chi connectivity index (χ1n) is 19.6. The Labute approximate surface area is 325 Å². The molecule has 11 heteroatoms. The molecule has 1 aliphatic heterocycles. The highest BCUT2D eigenvalue weighted by atomic mass is 28.4. The number of aliphatic hydroxyl groups excluding tert-OH is 3. The fraction of sp³-hybridized carbons (Fsp3) is 0.477. The van der Waals surface area contributed by atoms with E-state index >= 15 is 0 Å². The van der Waals surface area contributed by atoms with Gasteiger partial charge in [0.1, 0.15) is 18.1 Å². The van der Waals surface area contributed by atoms with Crippen LogP contribution in [-0.2, 0) is 25.4 Å². The summed E-state index contributed by atoms with van der Waals surface area (Å²) < 4.78 is 13.0. The number of furan rings is 1. The van der Waals surface area contributed by atoms with Gasteiger partial charge in [-0.3, -0.25) is 19.3 Å². The lowest BCUT2D eigenvalue weighted by molar-refractivity contribution is -0.141. The maximum absolute atomic E-state index is 14.1. The second-order valence-corrected chi connectivity index (χ2v) is 20.1. The van der Waals surface area contributed by atoms with E-state index in [1.807, 2.05) is 49.4 Å². The Morgan fingerprint density at radius 2 is 1.60 bits per heavy atom. The number of benzene rings is 2. The standard InChI is InChI=1S/C44H57NO9Si/c1-5-30(25-32-21-22-33(27-46)54-32)20-23-38(48)40-31(26-36-41(37(40)28-47)43(52)45(42(36)51)24-14-8-13-19-39(49)50)29-53-55(44(2,3)4,34-15-9-6-10-16-34)35-17-11-7-12-18-35/h6-7,9-12,15-18,21-22,25,36-38,41,46-48H,5,8,13-14,19-20,23-24,26-29H2,1-4H3,(H,49,50)/b30-25+/t36-,37+,38-,41-/m1/s1. The average Bonchev–Trinajstić information content (AvgIpc) is 3.73. The summed E-state index contributed by atoms with van der Waals surface area (Å²) in [7, 11) is -3.05. The van der Waals surface area contributed by atoms with Crippen LogP contribution in [0.1, 0.15) is 90.6 Å². The number of carbonyl (C=O) groups excluding carboxylic acids is 2. The van der Waals surface area contributed by atoms with Crippen molar-refractivity contribution in [2.24, 2.45) is 17.8 Å². The molecule has 296 valence electrons. The van der Waals surface area contributed by atoms with Crippen molar-refractivity contribution in [3.05, 3.63) is 101 Å².